The fourth-order valence-corrected chi connectivity index (χ4v) is 2.97. The van der Waals surface area contributed by atoms with Crippen molar-refractivity contribution < 1.29 is 23.9 Å². The Hall–Kier alpha value is -3.61. The standard InChI is InChI=1S/C23H24N2O5/c1-4-12-30-19-11-8-16(14-20(19)29-5-2)13-18-21(26)24-23(28)25(22(18)27)17-9-6-15(3)7-10-17/h6-11,13-14H,4-5,12H2,1-3H3,(H,24,26,28)/b18-13+. The Morgan fingerprint density at radius 1 is 0.967 bits per heavy atom. The Balaban J connectivity index is 1.95. The van der Waals surface area contributed by atoms with Gasteiger partial charge in [0.25, 0.3) is 11.8 Å². The van der Waals surface area contributed by atoms with Gasteiger partial charge >= 0.3 is 6.03 Å². The second-order valence-electron chi connectivity index (χ2n) is 6.78. The maximum Gasteiger partial charge on any atom is 0.335 e. The average Bonchev–Trinajstić information content (AvgIpc) is 2.72. The minimum absolute atomic E-state index is 0.139. The molecule has 0 atom stereocenters. The van der Waals surface area contributed by atoms with Gasteiger partial charge in [-0.3, -0.25) is 14.9 Å². The molecule has 156 valence electrons. The Labute approximate surface area is 175 Å². The van der Waals surface area contributed by atoms with E-state index in [-0.39, 0.29) is 5.57 Å². The number of carbonyl (C=O) groups is 3. The summed E-state index contributed by atoms with van der Waals surface area (Å²) in [7, 11) is 0. The first-order valence-electron chi connectivity index (χ1n) is 9.82. The van der Waals surface area contributed by atoms with Gasteiger partial charge in [-0.05, 0) is 56.2 Å². The number of hydrogen-bond donors (Lipinski definition) is 1. The SMILES string of the molecule is CCCOc1ccc(/C=C2\C(=O)NC(=O)N(c3ccc(C)cc3)C2=O)cc1OCC. The first kappa shape index (κ1) is 21.1. The Kier molecular flexibility index (Phi) is 6.51. The smallest absolute Gasteiger partial charge is 0.335 e. The monoisotopic (exact) mass is 408 g/mol. The van der Waals surface area contributed by atoms with E-state index >= 15 is 0 Å². The summed E-state index contributed by atoms with van der Waals surface area (Å²) in [5.41, 5.74) is 1.82. The molecule has 1 aliphatic rings. The van der Waals surface area contributed by atoms with Crippen LogP contribution in [-0.2, 0) is 9.59 Å². The minimum atomic E-state index is -0.774. The van der Waals surface area contributed by atoms with Gasteiger partial charge in [0.15, 0.2) is 11.5 Å². The molecule has 7 heteroatoms. The zero-order valence-electron chi connectivity index (χ0n) is 17.2. The molecule has 1 saturated heterocycles. The lowest BCUT2D eigenvalue weighted by atomic mass is 10.1. The number of barbiturate groups is 1. The van der Waals surface area contributed by atoms with Crippen LogP contribution in [0.2, 0.25) is 0 Å². The summed E-state index contributed by atoms with van der Waals surface area (Å²) in [5.74, 6) is -0.304. The molecule has 1 heterocycles. The van der Waals surface area contributed by atoms with Crippen LogP contribution in [0.25, 0.3) is 6.08 Å². The molecule has 0 aliphatic carbocycles. The van der Waals surface area contributed by atoms with Gasteiger partial charge in [0.05, 0.1) is 18.9 Å². The van der Waals surface area contributed by atoms with Crippen molar-refractivity contribution in [2.45, 2.75) is 27.2 Å². The van der Waals surface area contributed by atoms with Crippen molar-refractivity contribution in [2.75, 3.05) is 18.1 Å². The molecule has 0 spiro atoms. The lowest BCUT2D eigenvalue weighted by molar-refractivity contribution is -0.122. The molecule has 2 aromatic carbocycles. The molecule has 1 aliphatic heterocycles. The molecule has 4 amide bonds. The predicted octanol–water partition coefficient (Wildman–Crippen LogP) is 3.85. The minimum Gasteiger partial charge on any atom is -0.490 e. The largest absolute Gasteiger partial charge is 0.490 e. The van der Waals surface area contributed by atoms with Crippen LogP contribution < -0.4 is 19.7 Å². The fourth-order valence-electron chi connectivity index (χ4n) is 2.97. The Morgan fingerprint density at radius 3 is 2.37 bits per heavy atom. The summed E-state index contributed by atoms with van der Waals surface area (Å²) in [4.78, 5) is 38.6. The van der Waals surface area contributed by atoms with Crippen LogP contribution in [0.15, 0.2) is 48.0 Å². The van der Waals surface area contributed by atoms with E-state index in [1.807, 2.05) is 20.8 Å². The van der Waals surface area contributed by atoms with Crippen molar-refractivity contribution in [1.82, 2.24) is 5.32 Å². The summed E-state index contributed by atoms with van der Waals surface area (Å²) >= 11 is 0. The van der Waals surface area contributed by atoms with Crippen LogP contribution in [0.4, 0.5) is 10.5 Å². The molecule has 0 radical (unpaired) electrons. The van der Waals surface area contributed by atoms with E-state index in [9.17, 15) is 14.4 Å². The molecule has 7 nitrogen and oxygen atoms in total. The van der Waals surface area contributed by atoms with Gasteiger partial charge in [0.1, 0.15) is 5.57 Å². The molecular formula is C23H24N2O5. The summed E-state index contributed by atoms with van der Waals surface area (Å²) in [5, 5.41) is 2.23. The van der Waals surface area contributed by atoms with Gasteiger partial charge in [-0.1, -0.05) is 30.7 Å². The number of imide groups is 2. The van der Waals surface area contributed by atoms with Gasteiger partial charge in [-0.25, -0.2) is 9.69 Å². The van der Waals surface area contributed by atoms with E-state index < -0.39 is 17.8 Å². The number of aryl methyl sites for hydroxylation is 1. The number of nitrogens with one attached hydrogen (secondary N) is 1. The third kappa shape index (κ3) is 4.51. The molecule has 30 heavy (non-hydrogen) atoms. The van der Waals surface area contributed by atoms with Crippen molar-refractivity contribution in [2.24, 2.45) is 0 Å². The van der Waals surface area contributed by atoms with E-state index in [1.165, 1.54) is 6.08 Å². The third-order valence-corrected chi connectivity index (χ3v) is 4.43. The van der Waals surface area contributed by atoms with Crippen LogP contribution in [0.3, 0.4) is 0 Å². The predicted molar refractivity (Wildman–Crippen MR) is 114 cm³/mol. The van der Waals surface area contributed by atoms with Crippen LogP contribution in [0, 0.1) is 6.92 Å². The van der Waals surface area contributed by atoms with Crippen LogP contribution >= 0.6 is 0 Å². The number of carbonyl (C=O) groups excluding carboxylic acids is 3. The van der Waals surface area contributed by atoms with E-state index in [0.717, 1.165) is 16.9 Å². The number of benzene rings is 2. The fraction of sp³-hybridized carbons (Fsp3) is 0.261. The van der Waals surface area contributed by atoms with Crippen molar-refractivity contribution in [3.05, 3.63) is 59.2 Å². The molecular weight excluding hydrogens is 384 g/mol. The van der Waals surface area contributed by atoms with Crippen molar-refractivity contribution >= 4 is 29.6 Å². The summed E-state index contributed by atoms with van der Waals surface area (Å²) < 4.78 is 11.3. The van der Waals surface area contributed by atoms with E-state index in [1.54, 1.807) is 42.5 Å². The summed E-state index contributed by atoms with van der Waals surface area (Å²) in [6.45, 7) is 6.76. The molecule has 1 fully saturated rings. The molecule has 0 aromatic heterocycles. The second kappa shape index (κ2) is 9.26. The highest BCUT2D eigenvalue weighted by atomic mass is 16.5. The Bertz CT molecular complexity index is 995. The van der Waals surface area contributed by atoms with Crippen molar-refractivity contribution in [3.63, 3.8) is 0 Å². The molecule has 2 aromatic rings. The number of urea groups is 1. The van der Waals surface area contributed by atoms with Gasteiger partial charge in [0.2, 0.25) is 0 Å². The quantitative estimate of drug-likeness (QED) is 0.556. The van der Waals surface area contributed by atoms with E-state index in [0.29, 0.717) is 36.0 Å². The third-order valence-electron chi connectivity index (χ3n) is 4.43. The van der Waals surface area contributed by atoms with Crippen molar-refractivity contribution in [1.29, 1.82) is 0 Å². The first-order chi connectivity index (χ1) is 14.4. The van der Waals surface area contributed by atoms with E-state index in [2.05, 4.69) is 5.32 Å². The maximum absolute atomic E-state index is 13.0. The van der Waals surface area contributed by atoms with E-state index in [4.69, 9.17) is 9.47 Å². The zero-order valence-corrected chi connectivity index (χ0v) is 17.2. The average molecular weight is 408 g/mol. The van der Waals surface area contributed by atoms with Gasteiger partial charge in [-0.2, -0.15) is 0 Å². The zero-order chi connectivity index (χ0) is 21.7. The number of nitrogens with zero attached hydrogens (tertiary/aromatic N) is 1. The molecule has 0 saturated carbocycles. The number of anilines is 1. The molecule has 0 bridgehead atoms. The number of rotatable bonds is 7. The second-order valence-corrected chi connectivity index (χ2v) is 6.78. The highest BCUT2D eigenvalue weighted by molar-refractivity contribution is 6.39. The van der Waals surface area contributed by atoms with Crippen molar-refractivity contribution in [3.8, 4) is 11.5 Å². The summed E-state index contributed by atoms with van der Waals surface area (Å²) in [6, 6.07) is 11.3. The topological polar surface area (TPSA) is 84.9 Å². The number of hydrogen-bond acceptors (Lipinski definition) is 5. The lowest BCUT2D eigenvalue weighted by Gasteiger charge is -2.26. The first-order valence-corrected chi connectivity index (χ1v) is 9.82. The normalized spacial score (nSPS) is 15.4. The van der Waals surface area contributed by atoms with Crippen LogP contribution in [0.1, 0.15) is 31.4 Å². The highest BCUT2D eigenvalue weighted by Crippen LogP contribution is 2.30. The van der Waals surface area contributed by atoms with Gasteiger partial charge in [-0.15, -0.1) is 0 Å². The maximum atomic E-state index is 13.0. The van der Waals surface area contributed by atoms with Crippen LogP contribution in [-0.4, -0.2) is 31.1 Å². The summed E-state index contributed by atoms with van der Waals surface area (Å²) in [6.07, 6.45) is 2.30. The van der Waals surface area contributed by atoms with Gasteiger partial charge < -0.3 is 9.47 Å². The van der Waals surface area contributed by atoms with Gasteiger partial charge in [0, 0.05) is 0 Å². The molecule has 1 N–H and O–H groups in total. The van der Waals surface area contributed by atoms with Crippen LogP contribution in [0.5, 0.6) is 11.5 Å². The number of amides is 4. The number of ether oxygens (including phenoxy) is 2. The lowest BCUT2D eigenvalue weighted by Crippen LogP contribution is -2.54. The Morgan fingerprint density at radius 2 is 1.70 bits per heavy atom. The highest BCUT2D eigenvalue weighted by Gasteiger charge is 2.36. The molecule has 0 unspecified atom stereocenters. The molecule has 3 rings (SSSR count).